The molecule has 1 aromatic rings. The number of nitrogens with two attached hydrogens (primary N) is 1. The van der Waals surface area contributed by atoms with Crippen molar-refractivity contribution < 1.29 is 23.9 Å². The zero-order valence-electron chi connectivity index (χ0n) is 21.8. The molecule has 1 aromatic heterocycles. The summed E-state index contributed by atoms with van der Waals surface area (Å²) in [4.78, 5) is 43.1. The van der Waals surface area contributed by atoms with Gasteiger partial charge in [0.1, 0.15) is 6.04 Å². The third-order valence-corrected chi connectivity index (χ3v) is 5.50. The highest BCUT2D eigenvalue weighted by Crippen LogP contribution is 2.08. The Hall–Kier alpha value is -2.50. The van der Waals surface area contributed by atoms with Gasteiger partial charge in [0.05, 0.1) is 32.8 Å². The number of hydrogen-bond donors (Lipinski definition) is 5. The van der Waals surface area contributed by atoms with Gasteiger partial charge in [-0.2, -0.15) is 0 Å². The fourth-order valence-corrected chi connectivity index (χ4v) is 3.51. The Labute approximate surface area is 215 Å². The summed E-state index contributed by atoms with van der Waals surface area (Å²) in [6.07, 6.45) is 12.5. The lowest BCUT2D eigenvalue weighted by Crippen LogP contribution is -2.49. The van der Waals surface area contributed by atoms with Crippen LogP contribution < -0.4 is 21.7 Å². The number of nitrogens with zero attached hydrogens (tertiary/aromatic N) is 1. The molecule has 3 amide bonds. The Bertz CT molecular complexity index is 701. The molecule has 0 bridgehead atoms. The fraction of sp³-hybridized carbons (Fsp3) is 0.760. The van der Waals surface area contributed by atoms with E-state index in [1.807, 2.05) is 0 Å². The van der Waals surface area contributed by atoms with Gasteiger partial charge in [-0.05, 0) is 6.42 Å². The molecule has 206 valence electrons. The Morgan fingerprint density at radius 3 is 2.22 bits per heavy atom. The number of carbonyl (C=O) groups excluding carboxylic acids is 3. The summed E-state index contributed by atoms with van der Waals surface area (Å²) >= 11 is 0. The molecule has 0 aliphatic heterocycles. The first kappa shape index (κ1) is 31.5. The van der Waals surface area contributed by atoms with Crippen LogP contribution in [0.2, 0.25) is 0 Å². The molecule has 6 N–H and O–H groups in total. The predicted octanol–water partition coefficient (Wildman–Crippen LogP) is 1.19. The summed E-state index contributed by atoms with van der Waals surface area (Å²) in [5.41, 5.74) is 6.15. The van der Waals surface area contributed by atoms with Crippen molar-refractivity contribution in [2.24, 2.45) is 5.73 Å². The molecule has 1 heterocycles. The van der Waals surface area contributed by atoms with E-state index in [4.69, 9.17) is 15.2 Å². The summed E-state index contributed by atoms with van der Waals surface area (Å²) < 4.78 is 10.9. The molecular formula is C25H46N6O5. The van der Waals surface area contributed by atoms with Crippen molar-refractivity contribution in [3.63, 3.8) is 0 Å². The lowest BCUT2D eigenvalue weighted by atomic mass is 10.1. The molecular weight excluding hydrogens is 464 g/mol. The van der Waals surface area contributed by atoms with Gasteiger partial charge in [0.25, 0.3) is 0 Å². The van der Waals surface area contributed by atoms with E-state index in [9.17, 15) is 14.4 Å². The van der Waals surface area contributed by atoms with E-state index in [-0.39, 0.29) is 30.7 Å². The number of aromatic amines is 1. The van der Waals surface area contributed by atoms with E-state index in [2.05, 4.69) is 32.8 Å². The average Bonchev–Trinajstić information content (AvgIpc) is 3.37. The highest BCUT2D eigenvalue weighted by molar-refractivity contribution is 5.87. The Kier molecular flexibility index (Phi) is 19.1. The quantitative estimate of drug-likeness (QED) is 0.138. The first-order chi connectivity index (χ1) is 17.6. The maximum absolute atomic E-state index is 12.5. The molecule has 0 fully saturated rings. The van der Waals surface area contributed by atoms with Gasteiger partial charge >= 0.3 is 0 Å². The minimum Gasteiger partial charge on any atom is -0.377 e. The van der Waals surface area contributed by atoms with Crippen LogP contribution in [-0.2, 0) is 30.3 Å². The average molecular weight is 511 g/mol. The van der Waals surface area contributed by atoms with Crippen molar-refractivity contribution in [1.82, 2.24) is 25.9 Å². The Morgan fingerprint density at radius 2 is 1.58 bits per heavy atom. The van der Waals surface area contributed by atoms with Gasteiger partial charge in [-0.25, -0.2) is 4.98 Å². The molecule has 0 saturated heterocycles. The monoisotopic (exact) mass is 510 g/mol. The van der Waals surface area contributed by atoms with Crippen LogP contribution in [0.4, 0.5) is 0 Å². The van der Waals surface area contributed by atoms with Crippen molar-refractivity contribution in [3.8, 4) is 0 Å². The van der Waals surface area contributed by atoms with Crippen LogP contribution in [0.5, 0.6) is 0 Å². The molecule has 0 aliphatic carbocycles. The first-order valence-electron chi connectivity index (χ1n) is 13.2. The molecule has 11 heteroatoms. The van der Waals surface area contributed by atoms with Crippen LogP contribution in [0, 0.1) is 0 Å². The van der Waals surface area contributed by atoms with E-state index in [1.54, 1.807) is 6.20 Å². The maximum atomic E-state index is 12.5. The van der Waals surface area contributed by atoms with Gasteiger partial charge in [-0.15, -0.1) is 0 Å². The van der Waals surface area contributed by atoms with Crippen LogP contribution in [0.3, 0.4) is 0 Å². The van der Waals surface area contributed by atoms with Crippen molar-refractivity contribution in [3.05, 3.63) is 18.2 Å². The molecule has 0 radical (unpaired) electrons. The maximum Gasteiger partial charge on any atom is 0.243 e. The number of carbonyl (C=O) groups is 3. The Balaban J connectivity index is 2.02. The number of unbranched alkanes of at least 4 members (excludes halogenated alkanes) is 6. The molecule has 0 spiro atoms. The molecule has 0 aromatic carbocycles. The number of ether oxygens (including phenoxy) is 2. The molecule has 0 saturated carbocycles. The highest BCUT2D eigenvalue weighted by atomic mass is 16.5. The van der Waals surface area contributed by atoms with E-state index in [0.717, 1.165) is 18.5 Å². The lowest BCUT2D eigenvalue weighted by molar-refractivity contribution is -0.129. The van der Waals surface area contributed by atoms with E-state index in [1.165, 1.54) is 38.4 Å². The SMILES string of the molecule is CCCCCCCCCC(=O)NCCOCCOCCNC(=O)[C@H](Cc1cnc[nH]1)NC(=O)CCN. The van der Waals surface area contributed by atoms with Crippen LogP contribution in [-0.4, -0.2) is 79.8 Å². The zero-order chi connectivity index (χ0) is 26.3. The molecule has 1 atom stereocenters. The second-order valence-electron chi connectivity index (χ2n) is 8.68. The van der Waals surface area contributed by atoms with Gasteiger partial charge in [-0.3, -0.25) is 14.4 Å². The summed E-state index contributed by atoms with van der Waals surface area (Å²) in [5, 5.41) is 8.34. The summed E-state index contributed by atoms with van der Waals surface area (Å²) in [6.45, 7) is 4.75. The number of hydrogen-bond acceptors (Lipinski definition) is 7. The number of nitrogens with one attached hydrogen (secondary N) is 4. The first-order valence-corrected chi connectivity index (χ1v) is 13.2. The van der Waals surface area contributed by atoms with Crippen molar-refractivity contribution >= 4 is 17.7 Å². The van der Waals surface area contributed by atoms with Crippen molar-refractivity contribution in [2.75, 3.05) is 46.1 Å². The Morgan fingerprint density at radius 1 is 0.917 bits per heavy atom. The molecule has 0 aliphatic rings. The smallest absolute Gasteiger partial charge is 0.243 e. The number of aromatic nitrogens is 2. The molecule has 36 heavy (non-hydrogen) atoms. The number of imidazole rings is 1. The van der Waals surface area contributed by atoms with E-state index >= 15 is 0 Å². The van der Waals surface area contributed by atoms with Gasteiger partial charge in [0, 0.05) is 50.8 Å². The van der Waals surface area contributed by atoms with Crippen LogP contribution in [0.1, 0.15) is 70.4 Å². The van der Waals surface area contributed by atoms with Crippen LogP contribution in [0.25, 0.3) is 0 Å². The third-order valence-electron chi connectivity index (χ3n) is 5.50. The van der Waals surface area contributed by atoms with Crippen molar-refractivity contribution in [2.45, 2.75) is 77.2 Å². The largest absolute Gasteiger partial charge is 0.377 e. The number of H-pyrrole nitrogens is 1. The zero-order valence-corrected chi connectivity index (χ0v) is 21.8. The topological polar surface area (TPSA) is 160 Å². The molecule has 11 nitrogen and oxygen atoms in total. The predicted molar refractivity (Wildman–Crippen MR) is 138 cm³/mol. The minimum absolute atomic E-state index is 0.0733. The number of amides is 3. The third kappa shape index (κ3) is 17.0. The molecule has 1 rings (SSSR count). The van der Waals surface area contributed by atoms with Crippen LogP contribution >= 0.6 is 0 Å². The fourth-order valence-electron chi connectivity index (χ4n) is 3.51. The minimum atomic E-state index is -0.728. The van der Waals surface area contributed by atoms with Gasteiger partial charge in [0.15, 0.2) is 0 Å². The second-order valence-corrected chi connectivity index (χ2v) is 8.68. The standard InChI is InChI=1S/C25H46N6O5/c1-2-3-4-5-6-7-8-9-23(32)28-12-14-35-16-17-36-15-13-29-25(34)22(31-24(33)10-11-26)18-21-19-27-20-30-21/h19-20,22H,2-18,26H2,1H3,(H,27,30)(H,28,32)(H,29,34)(H,31,33)/t22-/m0/s1. The van der Waals surface area contributed by atoms with Gasteiger partial charge in [0.2, 0.25) is 17.7 Å². The van der Waals surface area contributed by atoms with Crippen LogP contribution in [0.15, 0.2) is 12.5 Å². The highest BCUT2D eigenvalue weighted by Gasteiger charge is 2.21. The van der Waals surface area contributed by atoms with Crippen molar-refractivity contribution in [1.29, 1.82) is 0 Å². The van der Waals surface area contributed by atoms with Gasteiger partial charge in [-0.1, -0.05) is 45.4 Å². The second kappa shape index (κ2) is 21.8. The summed E-state index contributed by atoms with van der Waals surface area (Å²) in [7, 11) is 0. The molecule has 0 unspecified atom stereocenters. The normalized spacial score (nSPS) is 11.7. The summed E-state index contributed by atoms with van der Waals surface area (Å²) in [5.74, 6) is -0.509. The van der Waals surface area contributed by atoms with Gasteiger partial charge < -0.3 is 36.1 Å². The number of rotatable bonds is 23. The van der Waals surface area contributed by atoms with E-state index in [0.29, 0.717) is 52.4 Å². The lowest BCUT2D eigenvalue weighted by Gasteiger charge is -2.18. The van der Waals surface area contributed by atoms with E-state index < -0.39 is 6.04 Å². The summed E-state index contributed by atoms with van der Waals surface area (Å²) in [6, 6.07) is -0.728.